The highest BCUT2D eigenvalue weighted by Crippen LogP contribution is 2.05. The zero-order valence-corrected chi connectivity index (χ0v) is 9.77. The molecule has 0 saturated carbocycles. The second-order valence-corrected chi connectivity index (χ2v) is 3.73. The van der Waals surface area contributed by atoms with E-state index in [-0.39, 0.29) is 24.5 Å². The van der Waals surface area contributed by atoms with Crippen LogP contribution in [0, 0.1) is 0 Å². The molecule has 18 heavy (non-hydrogen) atoms. The van der Waals surface area contributed by atoms with Crippen LogP contribution >= 0.6 is 0 Å². The van der Waals surface area contributed by atoms with Crippen LogP contribution in [0.2, 0.25) is 0 Å². The van der Waals surface area contributed by atoms with E-state index in [2.05, 4.69) is 10.3 Å². The molecule has 0 aliphatic rings. The second kappa shape index (κ2) is 5.97. The highest BCUT2D eigenvalue weighted by molar-refractivity contribution is 6.00. The van der Waals surface area contributed by atoms with Gasteiger partial charge >= 0.3 is 5.97 Å². The Morgan fingerprint density at radius 1 is 1.44 bits per heavy atom. The number of hydrogen-bond acceptors (Lipinski definition) is 4. The van der Waals surface area contributed by atoms with E-state index >= 15 is 0 Å². The average molecular weight is 254 g/mol. The summed E-state index contributed by atoms with van der Waals surface area (Å²) in [6, 6.07) is 0.182. The SMILES string of the molecule is CC(=O)c1c[nH]c(C(=O)N[C@H](CCO)C(=O)O)c1. The number of ketones is 1. The van der Waals surface area contributed by atoms with Crippen LogP contribution in [-0.4, -0.2) is 45.5 Å². The second-order valence-electron chi connectivity index (χ2n) is 3.73. The van der Waals surface area contributed by atoms with Crippen LogP contribution in [0.3, 0.4) is 0 Å². The number of carbonyl (C=O) groups is 3. The van der Waals surface area contributed by atoms with E-state index in [0.29, 0.717) is 5.56 Å². The van der Waals surface area contributed by atoms with Crippen LogP contribution in [0.25, 0.3) is 0 Å². The number of aromatic nitrogens is 1. The van der Waals surface area contributed by atoms with E-state index in [1.807, 2.05) is 0 Å². The van der Waals surface area contributed by atoms with Crippen molar-refractivity contribution in [1.82, 2.24) is 10.3 Å². The Kier molecular flexibility index (Phi) is 4.61. The molecular weight excluding hydrogens is 240 g/mol. The Labute approximate surface area is 103 Å². The quantitative estimate of drug-likeness (QED) is 0.523. The van der Waals surface area contributed by atoms with Crippen molar-refractivity contribution in [2.45, 2.75) is 19.4 Å². The van der Waals surface area contributed by atoms with Crippen molar-refractivity contribution in [3.8, 4) is 0 Å². The number of carboxylic acid groups (broad SMARTS) is 1. The highest BCUT2D eigenvalue weighted by atomic mass is 16.4. The van der Waals surface area contributed by atoms with Gasteiger partial charge in [0.1, 0.15) is 11.7 Å². The van der Waals surface area contributed by atoms with Crippen molar-refractivity contribution >= 4 is 17.7 Å². The summed E-state index contributed by atoms with van der Waals surface area (Å²) >= 11 is 0. The van der Waals surface area contributed by atoms with Crippen molar-refractivity contribution in [2.24, 2.45) is 0 Å². The molecule has 0 bridgehead atoms. The van der Waals surface area contributed by atoms with Gasteiger partial charge in [0.25, 0.3) is 5.91 Å². The lowest BCUT2D eigenvalue weighted by molar-refractivity contribution is -0.139. The molecule has 0 aliphatic carbocycles. The zero-order valence-electron chi connectivity index (χ0n) is 9.77. The van der Waals surface area contributed by atoms with Gasteiger partial charge in [-0.3, -0.25) is 9.59 Å². The van der Waals surface area contributed by atoms with E-state index in [4.69, 9.17) is 10.2 Å². The summed E-state index contributed by atoms with van der Waals surface area (Å²) < 4.78 is 0. The Morgan fingerprint density at radius 2 is 2.11 bits per heavy atom. The van der Waals surface area contributed by atoms with Crippen LogP contribution in [0.4, 0.5) is 0 Å². The number of aliphatic carboxylic acids is 1. The Balaban J connectivity index is 2.74. The van der Waals surface area contributed by atoms with E-state index in [1.54, 1.807) is 0 Å². The number of carbonyl (C=O) groups excluding carboxylic acids is 2. The van der Waals surface area contributed by atoms with Gasteiger partial charge in [-0.2, -0.15) is 0 Å². The van der Waals surface area contributed by atoms with Gasteiger partial charge < -0.3 is 20.5 Å². The first-order chi connectivity index (χ1) is 8.45. The smallest absolute Gasteiger partial charge is 0.326 e. The fraction of sp³-hybridized carbons (Fsp3) is 0.364. The highest BCUT2D eigenvalue weighted by Gasteiger charge is 2.21. The fourth-order valence-corrected chi connectivity index (χ4v) is 1.35. The van der Waals surface area contributed by atoms with E-state index in [0.717, 1.165) is 0 Å². The fourth-order valence-electron chi connectivity index (χ4n) is 1.35. The number of Topliss-reactive ketones (excluding diaryl/α,β-unsaturated/α-hetero) is 1. The molecular formula is C11H14N2O5. The molecule has 1 atom stereocenters. The number of hydrogen-bond donors (Lipinski definition) is 4. The van der Waals surface area contributed by atoms with Crippen LogP contribution in [-0.2, 0) is 4.79 Å². The molecule has 0 unspecified atom stereocenters. The number of rotatable bonds is 6. The Hall–Kier alpha value is -2.15. The lowest BCUT2D eigenvalue weighted by Gasteiger charge is -2.12. The van der Waals surface area contributed by atoms with E-state index in [9.17, 15) is 14.4 Å². The molecule has 7 nitrogen and oxygen atoms in total. The molecule has 98 valence electrons. The summed E-state index contributed by atoms with van der Waals surface area (Å²) in [5, 5.41) is 19.7. The summed E-state index contributed by atoms with van der Waals surface area (Å²) in [6.07, 6.45) is 1.29. The Morgan fingerprint density at radius 3 is 2.56 bits per heavy atom. The van der Waals surface area contributed by atoms with E-state index < -0.39 is 17.9 Å². The predicted molar refractivity (Wildman–Crippen MR) is 61.4 cm³/mol. The number of carboxylic acids is 1. The molecule has 0 radical (unpaired) electrons. The first-order valence-corrected chi connectivity index (χ1v) is 5.29. The molecule has 1 aromatic rings. The minimum absolute atomic E-state index is 0.0820. The summed E-state index contributed by atoms with van der Waals surface area (Å²) in [5.74, 6) is -2.06. The van der Waals surface area contributed by atoms with Crippen molar-refractivity contribution < 1.29 is 24.6 Å². The van der Waals surface area contributed by atoms with Gasteiger partial charge in [-0.05, 0) is 13.0 Å². The number of aromatic amines is 1. The van der Waals surface area contributed by atoms with Crippen molar-refractivity contribution in [1.29, 1.82) is 0 Å². The van der Waals surface area contributed by atoms with Crippen molar-refractivity contribution in [3.63, 3.8) is 0 Å². The maximum absolute atomic E-state index is 11.7. The molecule has 4 N–H and O–H groups in total. The number of aliphatic hydroxyl groups is 1. The topological polar surface area (TPSA) is 119 Å². The molecule has 0 aliphatic heterocycles. The monoisotopic (exact) mass is 254 g/mol. The van der Waals surface area contributed by atoms with Gasteiger partial charge in [0.05, 0.1) is 0 Å². The largest absolute Gasteiger partial charge is 0.480 e. The van der Waals surface area contributed by atoms with Crippen molar-refractivity contribution in [3.05, 3.63) is 23.5 Å². The molecule has 7 heteroatoms. The molecule has 1 aromatic heterocycles. The first-order valence-electron chi connectivity index (χ1n) is 5.29. The molecule has 1 rings (SSSR count). The number of amides is 1. The third-order valence-corrected chi connectivity index (χ3v) is 2.36. The van der Waals surface area contributed by atoms with Crippen LogP contribution in [0.5, 0.6) is 0 Å². The van der Waals surface area contributed by atoms with Gasteiger partial charge in [0.2, 0.25) is 0 Å². The van der Waals surface area contributed by atoms with Gasteiger partial charge in [0, 0.05) is 24.8 Å². The molecule has 0 fully saturated rings. The van der Waals surface area contributed by atoms with Gasteiger partial charge in [0.15, 0.2) is 5.78 Å². The van der Waals surface area contributed by atoms with Crippen LogP contribution in [0.15, 0.2) is 12.3 Å². The third kappa shape index (κ3) is 3.42. The average Bonchev–Trinajstić information content (AvgIpc) is 2.77. The van der Waals surface area contributed by atoms with E-state index in [1.165, 1.54) is 19.2 Å². The number of nitrogens with one attached hydrogen (secondary N) is 2. The van der Waals surface area contributed by atoms with Gasteiger partial charge in [-0.1, -0.05) is 0 Å². The maximum Gasteiger partial charge on any atom is 0.326 e. The van der Waals surface area contributed by atoms with Crippen LogP contribution in [0.1, 0.15) is 34.2 Å². The molecule has 0 spiro atoms. The lowest BCUT2D eigenvalue weighted by atomic mass is 10.2. The third-order valence-electron chi connectivity index (χ3n) is 2.36. The summed E-state index contributed by atoms with van der Waals surface area (Å²) in [6.45, 7) is 1.01. The van der Waals surface area contributed by atoms with Gasteiger partial charge in [-0.15, -0.1) is 0 Å². The molecule has 0 aromatic carbocycles. The predicted octanol–water partition coefficient (Wildman–Crippen LogP) is -0.217. The first kappa shape index (κ1) is 13.9. The minimum Gasteiger partial charge on any atom is -0.480 e. The summed E-state index contributed by atoms with van der Waals surface area (Å²) in [5.41, 5.74) is 0.443. The zero-order chi connectivity index (χ0) is 13.7. The summed E-state index contributed by atoms with van der Waals surface area (Å²) in [4.78, 5) is 36.1. The molecule has 1 heterocycles. The number of aliphatic hydroxyl groups excluding tert-OH is 1. The standard InChI is InChI=1S/C11H14N2O5/c1-6(15)7-4-9(12-5-7)10(16)13-8(2-3-14)11(17)18/h4-5,8,12,14H,2-3H2,1H3,(H,13,16)(H,17,18)/t8-/m1/s1. The maximum atomic E-state index is 11.7. The molecule has 1 amide bonds. The Bertz CT molecular complexity index is 466. The summed E-state index contributed by atoms with van der Waals surface area (Å²) in [7, 11) is 0. The number of H-pyrrole nitrogens is 1. The normalized spacial score (nSPS) is 11.9. The molecule has 0 saturated heterocycles. The lowest BCUT2D eigenvalue weighted by Crippen LogP contribution is -2.41. The minimum atomic E-state index is -1.23. The van der Waals surface area contributed by atoms with Crippen LogP contribution < -0.4 is 5.32 Å². The van der Waals surface area contributed by atoms with Crippen molar-refractivity contribution in [2.75, 3.05) is 6.61 Å². The van der Waals surface area contributed by atoms with Gasteiger partial charge in [-0.25, -0.2) is 4.79 Å².